The van der Waals surface area contributed by atoms with Gasteiger partial charge >= 0.3 is 0 Å². The molecule has 0 saturated heterocycles. The largest absolute Gasteiger partial charge is 0.467 e. The molecule has 1 unspecified atom stereocenters. The summed E-state index contributed by atoms with van der Waals surface area (Å²) in [6, 6.07) is 14.4. The lowest BCUT2D eigenvalue weighted by atomic mass is 9.97. The highest BCUT2D eigenvalue weighted by atomic mass is 16.3. The number of rotatable bonds is 7. The fraction of sp³-hybridized carbons (Fsp3) is 0.389. The number of nitrogens with zero attached hydrogens (tertiary/aromatic N) is 1. The fourth-order valence-corrected chi connectivity index (χ4v) is 2.34. The van der Waals surface area contributed by atoms with Gasteiger partial charge in [0.25, 0.3) is 0 Å². The molecule has 22 heavy (non-hydrogen) atoms. The third-order valence-corrected chi connectivity index (χ3v) is 3.60. The Morgan fingerprint density at radius 2 is 1.91 bits per heavy atom. The minimum atomic E-state index is 0.480. The van der Waals surface area contributed by atoms with Crippen molar-refractivity contribution in [2.24, 2.45) is 4.99 Å². The minimum Gasteiger partial charge on any atom is -0.467 e. The molecule has 0 amide bonds. The lowest BCUT2D eigenvalue weighted by molar-refractivity contribution is 0.511. The van der Waals surface area contributed by atoms with Crippen LogP contribution in [0.1, 0.15) is 37.5 Å². The zero-order valence-corrected chi connectivity index (χ0v) is 13.4. The molecule has 4 heteroatoms. The predicted molar refractivity (Wildman–Crippen MR) is 91.0 cm³/mol. The van der Waals surface area contributed by atoms with Crippen molar-refractivity contribution in [3.8, 4) is 0 Å². The van der Waals surface area contributed by atoms with Crippen molar-refractivity contribution >= 4 is 5.96 Å². The lowest BCUT2D eigenvalue weighted by Crippen LogP contribution is -2.39. The Balaban J connectivity index is 1.93. The number of furan rings is 1. The molecule has 2 aromatic rings. The average molecular weight is 299 g/mol. The second-order valence-electron chi connectivity index (χ2n) is 5.17. The second-order valence-corrected chi connectivity index (χ2v) is 5.17. The van der Waals surface area contributed by atoms with Crippen LogP contribution < -0.4 is 10.6 Å². The molecular formula is C18H25N3O. The van der Waals surface area contributed by atoms with E-state index in [-0.39, 0.29) is 0 Å². The third kappa shape index (κ3) is 4.95. The number of hydrogen-bond donors (Lipinski definition) is 2. The molecule has 1 aromatic carbocycles. The van der Waals surface area contributed by atoms with Gasteiger partial charge in [0.05, 0.1) is 6.26 Å². The smallest absolute Gasteiger partial charge is 0.191 e. The fourth-order valence-electron chi connectivity index (χ4n) is 2.34. The summed E-state index contributed by atoms with van der Waals surface area (Å²) in [4.78, 5) is 4.56. The van der Waals surface area contributed by atoms with Crippen LogP contribution in [0.4, 0.5) is 0 Å². The van der Waals surface area contributed by atoms with E-state index in [1.165, 1.54) is 5.56 Å². The van der Waals surface area contributed by atoms with Crippen molar-refractivity contribution in [3.05, 3.63) is 60.1 Å². The Morgan fingerprint density at radius 1 is 1.09 bits per heavy atom. The van der Waals surface area contributed by atoms with E-state index in [2.05, 4.69) is 59.8 Å². The van der Waals surface area contributed by atoms with Crippen molar-refractivity contribution < 1.29 is 4.42 Å². The van der Waals surface area contributed by atoms with Crippen LogP contribution in [-0.2, 0) is 6.54 Å². The standard InChI is InChI=1S/C18H25N3O/c1-3-15(16-9-6-5-7-10-16)13-20-18(19-4-2)21-14-17-11-8-12-22-17/h5-12,15H,3-4,13-14H2,1-2H3,(H2,19,20,21). The molecule has 0 spiro atoms. The molecule has 0 aliphatic carbocycles. The maximum Gasteiger partial charge on any atom is 0.191 e. The zero-order valence-electron chi connectivity index (χ0n) is 13.4. The van der Waals surface area contributed by atoms with Gasteiger partial charge in [-0.15, -0.1) is 0 Å². The normalized spacial score (nSPS) is 12.9. The van der Waals surface area contributed by atoms with E-state index in [9.17, 15) is 0 Å². The summed E-state index contributed by atoms with van der Waals surface area (Å²) in [5.41, 5.74) is 1.36. The summed E-state index contributed by atoms with van der Waals surface area (Å²) >= 11 is 0. The number of hydrogen-bond acceptors (Lipinski definition) is 2. The quantitative estimate of drug-likeness (QED) is 0.607. The van der Waals surface area contributed by atoms with E-state index in [0.717, 1.165) is 31.2 Å². The maximum atomic E-state index is 5.32. The summed E-state index contributed by atoms with van der Waals surface area (Å²) in [7, 11) is 0. The van der Waals surface area contributed by atoms with Crippen molar-refractivity contribution in [1.29, 1.82) is 0 Å². The van der Waals surface area contributed by atoms with E-state index in [0.29, 0.717) is 12.5 Å². The van der Waals surface area contributed by atoms with Crippen LogP contribution in [0.2, 0.25) is 0 Å². The molecule has 1 heterocycles. The lowest BCUT2D eigenvalue weighted by Gasteiger charge is -2.18. The first-order valence-electron chi connectivity index (χ1n) is 7.93. The van der Waals surface area contributed by atoms with Gasteiger partial charge in [0.1, 0.15) is 12.3 Å². The summed E-state index contributed by atoms with van der Waals surface area (Å²) in [6.45, 7) is 6.53. The second kappa shape index (κ2) is 8.93. The number of guanidine groups is 1. The molecule has 0 saturated carbocycles. The molecule has 2 N–H and O–H groups in total. The van der Waals surface area contributed by atoms with Crippen LogP contribution in [0.25, 0.3) is 0 Å². The number of aliphatic imine (C=N–C) groups is 1. The van der Waals surface area contributed by atoms with Crippen LogP contribution in [0.5, 0.6) is 0 Å². The van der Waals surface area contributed by atoms with Gasteiger partial charge in [0, 0.05) is 19.0 Å². The molecule has 0 fully saturated rings. The summed E-state index contributed by atoms with van der Waals surface area (Å²) in [5.74, 6) is 2.18. The Morgan fingerprint density at radius 3 is 2.55 bits per heavy atom. The Labute approximate surface area is 132 Å². The van der Waals surface area contributed by atoms with Crippen LogP contribution in [0, 0.1) is 0 Å². The highest BCUT2D eigenvalue weighted by Crippen LogP contribution is 2.17. The first-order valence-corrected chi connectivity index (χ1v) is 7.93. The van der Waals surface area contributed by atoms with Crippen LogP contribution in [-0.4, -0.2) is 19.0 Å². The summed E-state index contributed by atoms with van der Waals surface area (Å²) < 4.78 is 5.32. The van der Waals surface area contributed by atoms with Crippen molar-refractivity contribution in [3.63, 3.8) is 0 Å². The minimum absolute atomic E-state index is 0.480. The predicted octanol–water partition coefficient (Wildman–Crippen LogP) is 3.53. The van der Waals surface area contributed by atoms with Gasteiger partial charge in [-0.3, -0.25) is 0 Å². The number of nitrogens with one attached hydrogen (secondary N) is 2. The van der Waals surface area contributed by atoms with E-state index in [1.54, 1.807) is 6.26 Å². The Bertz CT molecular complexity index is 549. The van der Waals surface area contributed by atoms with Gasteiger partial charge < -0.3 is 15.1 Å². The van der Waals surface area contributed by atoms with E-state index in [1.807, 2.05) is 12.1 Å². The molecule has 0 aliphatic heterocycles. The van der Waals surface area contributed by atoms with Gasteiger partial charge in [0.2, 0.25) is 0 Å². The van der Waals surface area contributed by atoms with Crippen molar-refractivity contribution in [1.82, 2.24) is 10.6 Å². The summed E-state index contributed by atoms with van der Waals surface area (Å²) in [5, 5.41) is 6.70. The topological polar surface area (TPSA) is 49.6 Å². The van der Waals surface area contributed by atoms with Gasteiger partial charge in [-0.1, -0.05) is 37.3 Å². The summed E-state index contributed by atoms with van der Waals surface area (Å²) in [6.07, 6.45) is 2.77. The van der Waals surface area contributed by atoms with Crippen molar-refractivity contribution in [2.45, 2.75) is 32.7 Å². The Kier molecular flexibility index (Phi) is 6.55. The zero-order chi connectivity index (χ0) is 15.6. The first-order chi connectivity index (χ1) is 10.8. The van der Waals surface area contributed by atoms with Gasteiger partial charge in [0.15, 0.2) is 5.96 Å². The SMILES string of the molecule is CCNC(=NCc1ccco1)NCC(CC)c1ccccc1. The molecule has 0 aliphatic rings. The average Bonchev–Trinajstić information content (AvgIpc) is 3.07. The molecule has 4 nitrogen and oxygen atoms in total. The molecule has 1 atom stereocenters. The monoisotopic (exact) mass is 299 g/mol. The van der Waals surface area contributed by atoms with E-state index in [4.69, 9.17) is 4.42 Å². The molecule has 0 bridgehead atoms. The van der Waals surface area contributed by atoms with E-state index < -0.39 is 0 Å². The molecule has 0 radical (unpaired) electrons. The Hall–Kier alpha value is -2.23. The molecule has 2 rings (SSSR count). The maximum absolute atomic E-state index is 5.32. The van der Waals surface area contributed by atoms with Gasteiger partial charge in [-0.2, -0.15) is 0 Å². The number of benzene rings is 1. The van der Waals surface area contributed by atoms with Crippen LogP contribution in [0.3, 0.4) is 0 Å². The highest BCUT2D eigenvalue weighted by Gasteiger charge is 2.09. The van der Waals surface area contributed by atoms with E-state index >= 15 is 0 Å². The molecular weight excluding hydrogens is 274 g/mol. The molecule has 118 valence electrons. The molecule has 1 aromatic heterocycles. The van der Waals surface area contributed by atoms with Crippen LogP contribution >= 0.6 is 0 Å². The highest BCUT2D eigenvalue weighted by molar-refractivity contribution is 5.79. The van der Waals surface area contributed by atoms with Crippen molar-refractivity contribution in [2.75, 3.05) is 13.1 Å². The first kappa shape index (κ1) is 16.1. The van der Waals surface area contributed by atoms with Gasteiger partial charge in [-0.05, 0) is 31.0 Å². The van der Waals surface area contributed by atoms with Crippen LogP contribution in [0.15, 0.2) is 58.1 Å². The third-order valence-electron chi connectivity index (χ3n) is 3.60. The van der Waals surface area contributed by atoms with Gasteiger partial charge in [-0.25, -0.2) is 4.99 Å².